The molecule has 23 heavy (non-hydrogen) atoms. The van der Waals surface area contributed by atoms with Gasteiger partial charge in [0.1, 0.15) is 0 Å². The maximum Gasteiger partial charge on any atom is 0.0314 e. The zero-order chi connectivity index (χ0) is 16.5. The van der Waals surface area contributed by atoms with Gasteiger partial charge in [0.15, 0.2) is 0 Å². The third-order valence-corrected chi connectivity index (χ3v) is 10.7. The summed E-state index contributed by atoms with van der Waals surface area (Å²) in [6.07, 6.45) is 14.8. The zero-order valence-electron chi connectivity index (χ0n) is 15.0. The molecule has 7 atom stereocenters. The molecule has 0 amide bonds. The molecule has 4 aliphatic rings. The van der Waals surface area contributed by atoms with Crippen molar-refractivity contribution in [3.05, 3.63) is 24.8 Å². The second-order valence-electron chi connectivity index (χ2n) is 9.63. The lowest BCUT2D eigenvalue weighted by atomic mass is 9.45. The van der Waals surface area contributed by atoms with Crippen LogP contribution < -0.4 is 0 Å². The lowest BCUT2D eigenvalue weighted by molar-refractivity contribution is -0.0928. The van der Waals surface area contributed by atoms with Crippen molar-refractivity contribution >= 4 is 15.9 Å². The van der Waals surface area contributed by atoms with Crippen LogP contribution in [0, 0.1) is 34.5 Å². The van der Waals surface area contributed by atoms with E-state index in [9.17, 15) is 0 Å². The molecule has 4 saturated carbocycles. The highest BCUT2D eigenvalue weighted by atomic mass is 79.9. The van der Waals surface area contributed by atoms with Gasteiger partial charge in [0, 0.05) is 10.2 Å². The summed E-state index contributed by atoms with van der Waals surface area (Å²) in [7, 11) is 0. The summed E-state index contributed by atoms with van der Waals surface area (Å²) in [5.74, 6) is 3.26. The van der Waals surface area contributed by atoms with Crippen LogP contribution in [-0.4, -0.2) is 4.32 Å². The smallest absolute Gasteiger partial charge is 0.0314 e. The van der Waals surface area contributed by atoms with Gasteiger partial charge in [-0.3, -0.25) is 0 Å². The maximum absolute atomic E-state index is 4.45. The molecule has 0 N–H and O–H groups in total. The molecule has 0 saturated heterocycles. The van der Waals surface area contributed by atoms with Crippen LogP contribution in [0.5, 0.6) is 0 Å². The van der Waals surface area contributed by atoms with E-state index in [4.69, 9.17) is 0 Å². The Morgan fingerprint density at radius 3 is 2.52 bits per heavy atom. The molecular formula is C22H33Br. The van der Waals surface area contributed by atoms with Crippen LogP contribution in [0.2, 0.25) is 0 Å². The van der Waals surface area contributed by atoms with Crippen molar-refractivity contribution in [2.45, 2.75) is 76.0 Å². The molecule has 0 aliphatic heterocycles. The molecule has 1 heteroatoms. The Balaban J connectivity index is 1.70. The van der Waals surface area contributed by atoms with Crippen LogP contribution in [0.4, 0.5) is 0 Å². The van der Waals surface area contributed by atoms with Crippen molar-refractivity contribution in [1.82, 2.24) is 0 Å². The third kappa shape index (κ3) is 2.01. The van der Waals surface area contributed by atoms with Gasteiger partial charge < -0.3 is 0 Å². The van der Waals surface area contributed by atoms with E-state index in [1.54, 1.807) is 0 Å². The van der Waals surface area contributed by atoms with Crippen molar-refractivity contribution < 1.29 is 0 Å². The van der Waals surface area contributed by atoms with Crippen molar-refractivity contribution in [3.8, 4) is 0 Å². The summed E-state index contributed by atoms with van der Waals surface area (Å²) < 4.78 is 0.431. The Hall–Kier alpha value is -0.0400. The Kier molecular flexibility index (Phi) is 3.73. The highest BCUT2D eigenvalue weighted by molar-refractivity contribution is 9.10. The van der Waals surface area contributed by atoms with E-state index in [-0.39, 0.29) is 0 Å². The van der Waals surface area contributed by atoms with Crippen molar-refractivity contribution in [1.29, 1.82) is 0 Å². The first-order valence-electron chi connectivity index (χ1n) is 9.85. The minimum Gasteiger partial charge on any atom is -0.102 e. The predicted octanol–water partition coefficient (Wildman–Crippen LogP) is 6.91. The number of rotatable bonds is 1. The highest BCUT2D eigenvalue weighted by Gasteiger charge is 2.63. The molecule has 4 rings (SSSR count). The summed E-state index contributed by atoms with van der Waals surface area (Å²) in [6.45, 7) is 13.8. The van der Waals surface area contributed by atoms with Crippen molar-refractivity contribution in [2.75, 3.05) is 0 Å². The number of allylic oxidation sites excluding steroid dienone is 2. The van der Waals surface area contributed by atoms with Gasteiger partial charge in [-0.2, -0.15) is 0 Å². The lowest BCUT2D eigenvalue weighted by Gasteiger charge is -2.63. The molecule has 0 aromatic heterocycles. The molecule has 0 unspecified atom stereocenters. The fourth-order valence-electron chi connectivity index (χ4n) is 7.64. The van der Waals surface area contributed by atoms with E-state index >= 15 is 0 Å². The Morgan fingerprint density at radius 2 is 1.78 bits per heavy atom. The normalized spacial score (nSPS) is 55.7. The Morgan fingerprint density at radius 1 is 1.04 bits per heavy atom. The fraction of sp³-hybridized carbons (Fsp3) is 0.818. The first-order valence-corrected chi connectivity index (χ1v) is 10.6. The summed E-state index contributed by atoms with van der Waals surface area (Å²) in [5, 5.41) is 0. The molecule has 0 radical (unpaired) electrons. The molecule has 0 heterocycles. The zero-order valence-corrected chi connectivity index (χ0v) is 16.6. The standard InChI is InChI=1S/C22H33Br/c1-5-17-15(2)14-19-16-8-13-22(23)11-7-6-10-21(22,4)18(16)9-12-20(17,19)3/h5,16-19H,1-2,6-14H2,3-4H3/t16-,17+,18+,19+,20-,21-,22+/m1/s1. The molecule has 0 bridgehead atoms. The molecule has 0 spiro atoms. The van der Waals surface area contributed by atoms with Gasteiger partial charge in [0.25, 0.3) is 0 Å². The number of alkyl halides is 1. The minimum absolute atomic E-state index is 0.431. The SMILES string of the molecule is C=C[C@H]1C(=C)C[C@H]2[C@@H]3CC[C@@]4(Br)CCCC[C@]4(C)[C@H]3CC[C@]12C. The van der Waals surface area contributed by atoms with Crippen LogP contribution in [0.15, 0.2) is 24.8 Å². The van der Waals surface area contributed by atoms with Crippen LogP contribution in [0.1, 0.15) is 71.6 Å². The van der Waals surface area contributed by atoms with Crippen LogP contribution in [0.25, 0.3) is 0 Å². The van der Waals surface area contributed by atoms with Gasteiger partial charge in [0.05, 0.1) is 0 Å². The molecule has 4 aliphatic carbocycles. The van der Waals surface area contributed by atoms with E-state index in [1.807, 2.05) is 0 Å². The average molecular weight is 377 g/mol. The predicted molar refractivity (Wildman–Crippen MR) is 103 cm³/mol. The minimum atomic E-state index is 0.431. The Labute approximate surface area is 151 Å². The summed E-state index contributed by atoms with van der Waals surface area (Å²) >= 11 is 4.28. The van der Waals surface area contributed by atoms with Gasteiger partial charge in [-0.05, 0) is 73.5 Å². The van der Waals surface area contributed by atoms with Gasteiger partial charge in [-0.15, -0.1) is 6.58 Å². The largest absolute Gasteiger partial charge is 0.102 e. The quantitative estimate of drug-likeness (QED) is 0.344. The topological polar surface area (TPSA) is 0 Å². The van der Waals surface area contributed by atoms with Gasteiger partial charge in [-0.25, -0.2) is 0 Å². The summed E-state index contributed by atoms with van der Waals surface area (Å²) in [6, 6.07) is 0. The van der Waals surface area contributed by atoms with E-state index in [1.165, 1.54) is 63.4 Å². The van der Waals surface area contributed by atoms with Crippen molar-refractivity contribution in [2.24, 2.45) is 34.5 Å². The summed E-state index contributed by atoms with van der Waals surface area (Å²) in [5.41, 5.74) is 2.43. The molecular weight excluding hydrogens is 344 g/mol. The number of halogens is 1. The molecule has 128 valence electrons. The van der Waals surface area contributed by atoms with E-state index in [2.05, 4.69) is 49.0 Å². The van der Waals surface area contributed by atoms with Crippen LogP contribution in [-0.2, 0) is 0 Å². The second kappa shape index (κ2) is 5.23. The molecule has 0 nitrogen and oxygen atoms in total. The van der Waals surface area contributed by atoms with Crippen LogP contribution in [0.3, 0.4) is 0 Å². The first-order chi connectivity index (χ1) is 10.9. The van der Waals surface area contributed by atoms with Gasteiger partial charge in [-0.1, -0.05) is 60.8 Å². The van der Waals surface area contributed by atoms with Crippen LogP contribution >= 0.6 is 15.9 Å². The highest BCUT2D eigenvalue weighted by Crippen LogP contribution is 2.70. The summed E-state index contributed by atoms with van der Waals surface area (Å²) in [4.78, 5) is 0. The van der Waals surface area contributed by atoms with Gasteiger partial charge in [0.2, 0.25) is 0 Å². The lowest BCUT2D eigenvalue weighted by Crippen LogP contribution is -2.58. The molecule has 0 aromatic carbocycles. The first kappa shape index (κ1) is 16.4. The number of hydrogen-bond acceptors (Lipinski definition) is 0. The molecule has 0 aromatic rings. The van der Waals surface area contributed by atoms with E-state index in [0.29, 0.717) is 21.1 Å². The Bertz CT molecular complexity index is 536. The number of hydrogen-bond donors (Lipinski definition) is 0. The van der Waals surface area contributed by atoms with Gasteiger partial charge >= 0.3 is 0 Å². The van der Waals surface area contributed by atoms with Crippen molar-refractivity contribution in [3.63, 3.8) is 0 Å². The van der Waals surface area contributed by atoms with E-state index in [0.717, 1.165) is 17.8 Å². The van der Waals surface area contributed by atoms with E-state index < -0.39 is 0 Å². The second-order valence-corrected chi connectivity index (χ2v) is 11.1. The maximum atomic E-state index is 4.45. The fourth-order valence-corrected chi connectivity index (χ4v) is 8.64. The number of fused-ring (bicyclic) bond motifs is 5. The molecule has 4 fully saturated rings. The third-order valence-electron chi connectivity index (χ3n) is 8.98. The monoisotopic (exact) mass is 376 g/mol. The average Bonchev–Trinajstić information content (AvgIpc) is 2.77.